The van der Waals surface area contributed by atoms with Gasteiger partial charge < -0.3 is 0 Å². The Labute approximate surface area is 82.2 Å². The first kappa shape index (κ1) is 11.9. The molecule has 1 aliphatic rings. The predicted octanol–water partition coefficient (Wildman–Crippen LogP) is -0.859. The van der Waals surface area contributed by atoms with Crippen LogP contribution >= 0.6 is 0 Å². The summed E-state index contributed by atoms with van der Waals surface area (Å²) in [6.45, 7) is 0.453. The number of likely N-dealkylation sites (tertiary alicyclic amines) is 1. The van der Waals surface area contributed by atoms with Gasteiger partial charge in [-0.15, -0.1) is 0 Å². The number of hydrogen-bond donors (Lipinski definition) is 2. The second kappa shape index (κ2) is 3.74. The molecule has 0 aromatic rings. The van der Waals surface area contributed by atoms with E-state index in [0.29, 0.717) is 12.8 Å². The lowest BCUT2D eigenvalue weighted by Gasteiger charge is -2.21. The first-order valence-corrected chi connectivity index (χ1v) is 6.90. The Morgan fingerprint density at radius 2 is 1.29 bits per heavy atom. The number of nitrogens with zero attached hydrogens (tertiary/aromatic N) is 1. The lowest BCUT2D eigenvalue weighted by molar-refractivity contribution is 0.319. The third-order valence-corrected chi connectivity index (χ3v) is 5.02. The molecule has 0 aromatic carbocycles. The fourth-order valence-corrected chi connectivity index (χ4v) is 3.89. The molecule has 0 atom stereocenters. The summed E-state index contributed by atoms with van der Waals surface area (Å²) in [5.74, 6) is 0. The van der Waals surface area contributed by atoms with Gasteiger partial charge in [-0.1, -0.05) is 0 Å². The van der Waals surface area contributed by atoms with E-state index < -0.39 is 24.9 Å². The zero-order chi connectivity index (χ0) is 11.0. The molecule has 14 heavy (non-hydrogen) atoms. The molecule has 0 radical (unpaired) electrons. The van der Waals surface area contributed by atoms with Crippen LogP contribution in [0.25, 0.3) is 0 Å². The van der Waals surface area contributed by atoms with E-state index in [4.69, 9.17) is 9.11 Å². The second-order valence-corrected chi connectivity index (χ2v) is 6.33. The van der Waals surface area contributed by atoms with Gasteiger partial charge >= 0.3 is 0 Å². The summed E-state index contributed by atoms with van der Waals surface area (Å²) in [7, 11) is -9.64. The zero-order valence-electron chi connectivity index (χ0n) is 7.20. The molecule has 0 aliphatic carbocycles. The highest BCUT2D eigenvalue weighted by Gasteiger charge is 2.41. The molecule has 0 unspecified atom stereocenters. The van der Waals surface area contributed by atoms with Crippen LogP contribution in [0.3, 0.4) is 0 Å². The predicted molar refractivity (Wildman–Crippen MR) is 47.7 cm³/mol. The van der Waals surface area contributed by atoms with Crippen LogP contribution in [0.4, 0.5) is 0 Å². The summed E-state index contributed by atoms with van der Waals surface area (Å²) < 4.78 is 58.1. The van der Waals surface area contributed by atoms with Crippen molar-refractivity contribution in [1.82, 2.24) is 4.90 Å². The van der Waals surface area contributed by atoms with Crippen molar-refractivity contribution in [2.45, 2.75) is 17.5 Å². The topological polar surface area (TPSA) is 112 Å². The average Bonchev–Trinajstić information content (AvgIpc) is 2.31. The molecule has 1 heterocycles. The van der Waals surface area contributed by atoms with Gasteiger partial charge in [0, 0.05) is 13.1 Å². The standard InChI is InChI=1S/C5H11NO6S2/c7-13(8,9)5(14(10,11)12)6-3-1-2-4-6/h5H,1-4H2,(H,7,8,9)(H,10,11,12). The largest absolute Gasteiger partial charge is 0.298 e. The minimum atomic E-state index is -4.82. The molecule has 1 aliphatic heterocycles. The van der Waals surface area contributed by atoms with Gasteiger partial charge in [-0.2, -0.15) is 16.8 Å². The van der Waals surface area contributed by atoms with E-state index in [2.05, 4.69) is 0 Å². The van der Waals surface area contributed by atoms with Crippen LogP contribution in [0.2, 0.25) is 0 Å². The van der Waals surface area contributed by atoms with Crippen molar-refractivity contribution in [2.24, 2.45) is 0 Å². The molecule has 1 rings (SSSR count). The van der Waals surface area contributed by atoms with E-state index >= 15 is 0 Å². The van der Waals surface area contributed by atoms with E-state index in [0.717, 1.165) is 4.90 Å². The minimum absolute atomic E-state index is 0.226. The van der Waals surface area contributed by atoms with Crippen LogP contribution in [0.15, 0.2) is 0 Å². The lowest BCUT2D eigenvalue weighted by Crippen LogP contribution is -2.44. The molecule has 2 N–H and O–H groups in total. The molecule has 9 heteroatoms. The van der Waals surface area contributed by atoms with Gasteiger partial charge in [-0.25, -0.2) is 0 Å². The average molecular weight is 245 g/mol. The van der Waals surface area contributed by atoms with Crippen LogP contribution < -0.4 is 0 Å². The lowest BCUT2D eigenvalue weighted by atomic mass is 10.4. The van der Waals surface area contributed by atoms with Gasteiger partial charge in [-0.3, -0.25) is 14.0 Å². The molecular formula is C5H11NO6S2. The molecule has 0 spiro atoms. The molecule has 0 aromatic heterocycles. The Balaban J connectivity index is 3.06. The Kier molecular flexibility index (Phi) is 3.17. The second-order valence-electron chi connectivity index (χ2n) is 3.08. The SMILES string of the molecule is O=S(=O)(O)C(N1CCCC1)S(=O)(=O)O. The highest BCUT2D eigenvalue weighted by atomic mass is 32.3. The zero-order valence-corrected chi connectivity index (χ0v) is 8.83. The van der Waals surface area contributed by atoms with Crippen molar-refractivity contribution in [3.05, 3.63) is 0 Å². The highest BCUT2D eigenvalue weighted by Crippen LogP contribution is 2.18. The fraction of sp³-hybridized carbons (Fsp3) is 1.00. The van der Waals surface area contributed by atoms with Gasteiger partial charge in [0.15, 0.2) is 0 Å². The summed E-state index contributed by atoms with van der Waals surface area (Å²) in [6, 6.07) is 0. The van der Waals surface area contributed by atoms with Crippen LogP contribution in [0.5, 0.6) is 0 Å². The maximum Gasteiger partial charge on any atom is 0.298 e. The van der Waals surface area contributed by atoms with Crippen molar-refractivity contribution in [3.63, 3.8) is 0 Å². The van der Waals surface area contributed by atoms with Crippen molar-refractivity contribution in [2.75, 3.05) is 13.1 Å². The van der Waals surface area contributed by atoms with Crippen LogP contribution in [0, 0.1) is 0 Å². The van der Waals surface area contributed by atoms with Gasteiger partial charge in [0.25, 0.3) is 24.9 Å². The smallest absolute Gasteiger partial charge is 0.283 e. The molecular weight excluding hydrogens is 234 g/mol. The van der Waals surface area contributed by atoms with E-state index in [9.17, 15) is 16.8 Å². The normalized spacial score (nSPS) is 20.5. The third kappa shape index (κ3) is 2.64. The molecule has 1 saturated heterocycles. The van der Waals surface area contributed by atoms with E-state index in [1.54, 1.807) is 0 Å². The summed E-state index contributed by atoms with van der Waals surface area (Å²) >= 11 is 0. The van der Waals surface area contributed by atoms with Gasteiger partial charge in [0.2, 0.25) is 0 Å². The first-order chi connectivity index (χ1) is 6.23. The van der Waals surface area contributed by atoms with Gasteiger partial charge in [-0.05, 0) is 12.8 Å². The molecule has 0 amide bonds. The van der Waals surface area contributed by atoms with Gasteiger partial charge in [0.05, 0.1) is 0 Å². The Morgan fingerprint density at radius 1 is 0.929 bits per heavy atom. The van der Waals surface area contributed by atoms with Gasteiger partial charge in [0.1, 0.15) is 0 Å². The summed E-state index contributed by atoms with van der Waals surface area (Å²) in [5.41, 5.74) is 0. The third-order valence-electron chi connectivity index (χ3n) is 1.95. The Morgan fingerprint density at radius 3 is 1.57 bits per heavy atom. The van der Waals surface area contributed by atoms with Crippen LogP contribution in [-0.2, 0) is 20.2 Å². The maximum atomic E-state index is 10.7. The van der Waals surface area contributed by atoms with Crippen molar-refractivity contribution >= 4 is 20.2 Å². The van der Waals surface area contributed by atoms with Crippen molar-refractivity contribution in [1.29, 1.82) is 0 Å². The molecule has 1 fully saturated rings. The quantitative estimate of drug-likeness (QED) is 0.622. The molecule has 0 bridgehead atoms. The van der Waals surface area contributed by atoms with Crippen LogP contribution in [0.1, 0.15) is 12.8 Å². The molecule has 7 nitrogen and oxygen atoms in total. The van der Waals surface area contributed by atoms with Crippen molar-refractivity contribution in [3.8, 4) is 0 Å². The van der Waals surface area contributed by atoms with Crippen LogP contribution in [-0.4, -0.2) is 48.6 Å². The Hall–Kier alpha value is -0.220. The monoisotopic (exact) mass is 245 g/mol. The van der Waals surface area contributed by atoms with E-state index in [1.165, 1.54) is 0 Å². The Bertz CT molecular complexity index is 360. The molecule has 0 saturated carbocycles. The fourth-order valence-electron chi connectivity index (χ4n) is 1.48. The van der Waals surface area contributed by atoms with E-state index in [-0.39, 0.29) is 13.1 Å². The summed E-state index contributed by atoms with van der Waals surface area (Å²) in [4.78, 5) is 1.02. The summed E-state index contributed by atoms with van der Waals surface area (Å²) in [6.07, 6.45) is 1.28. The number of hydrogen-bond acceptors (Lipinski definition) is 5. The first-order valence-electron chi connectivity index (χ1n) is 3.89. The summed E-state index contributed by atoms with van der Waals surface area (Å²) in [5, 5.41) is 0. The molecule has 84 valence electrons. The van der Waals surface area contributed by atoms with E-state index in [1.807, 2.05) is 0 Å². The minimum Gasteiger partial charge on any atom is -0.283 e. The maximum absolute atomic E-state index is 10.7. The highest BCUT2D eigenvalue weighted by molar-refractivity contribution is 8.03. The number of rotatable bonds is 3. The van der Waals surface area contributed by atoms with Crippen molar-refractivity contribution < 1.29 is 25.9 Å².